The predicted molar refractivity (Wildman–Crippen MR) is 90.1 cm³/mol. The molecule has 1 N–H and O–H groups in total. The summed E-state index contributed by atoms with van der Waals surface area (Å²) in [6.45, 7) is 10.3. The third-order valence-electron chi connectivity index (χ3n) is 4.00. The van der Waals surface area contributed by atoms with Gasteiger partial charge in [-0.2, -0.15) is 0 Å². The zero-order valence-corrected chi connectivity index (χ0v) is 13.9. The average Bonchev–Trinajstić information content (AvgIpc) is 2.82. The summed E-state index contributed by atoms with van der Waals surface area (Å²) in [5.74, 6) is 1.76. The molecule has 4 nitrogen and oxygen atoms in total. The first-order valence-electron chi connectivity index (χ1n) is 7.82. The van der Waals surface area contributed by atoms with E-state index in [4.69, 9.17) is 0 Å². The number of hydrogen-bond donors (Lipinski definition) is 1. The molecule has 0 aliphatic carbocycles. The first-order valence-corrected chi connectivity index (χ1v) is 8.63. The van der Waals surface area contributed by atoms with Crippen LogP contribution in [0.4, 0.5) is 5.82 Å². The zero-order valence-electron chi connectivity index (χ0n) is 13.1. The topological polar surface area (TPSA) is 41.0 Å². The van der Waals surface area contributed by atoms with Gasteiger partial charge in [-0.05, 0) is 31.7 Å². The van der Waals surface area contributed by atoms with Crippen molar-refractivity contribution in [1.29, 1.82) is 0 Å². The molecule has 21 heavy (non-hydrogen) atoms. The molecule has 3 heterocycles. The van der Waals surface area contributed by atoms with Crippen LogP contribution in [0.3, 0.4) is 0 Å². The minimum Gasteiger partial charge on any atom is -0.367 e. The molecule has 5 heteroatoms. The van der Waals surface area contributed by atoms with Gasteiger partial charge < -0.3 is 10.2 Å². The Balaban J connectivity index is 1.64. The summed E-state index contributed by atoms with van der Waals surface area (Å²) in [6.07, 6.45) is 4.07. The molecule has 2 aromatic heterocycles. The van der Waals surface area contributed by atoms with Gasteiger partial charge in [-0.3, -0.25) is 0 Å². The van der Waals surface area contributed by atoms with Crippen molar-refractivity contribution in [3.8, 4) is 0 Å². The Morgan fingerprint density at radius 1 is 1.33 bits per heavy atom. The number of aromatic nitrogens is 2. The van der Waals surface area contributed by atoms with Crippen molar-refractivity contribution in [3.63, 3.8) is 0 Å². The number of anilines is 1. The highest BCUT2D eigenvalue weighted by atomic mass is 32.1. The van der Waals surface area contributed by atoms with E-state index in [1.54, 1.807) is 17.7 Å². The van der Waals surface area contributed by atoms with Gasteiger partial charge in [-0.1, -0.05) is 13.8 Å². The maximum absolute atomic E-state index is 4.45. The van der Waals surface area contributed by atoms with Gasteiger partial charge in [0.2, 0.25) is 0 Å². The van der Waals surface area contributed by atoms with Crippen molar-refractivity contribution in [2.24, 2.45) is 5.92 Å². The van der Waals surface area contributed by atoms with Crippen LogP contribution >= 0.6 is 11.3 Å². The second kappa shape index (κ2) is 6.28. The van der Waals surface area contributed by atoms with E-state index in [-0.39, 0.29) is 0 Å². The Morgan fingerprint density at radius 2 is 2.10 bits per heavy atom. The number of aryl methyl sites for hydroxylation is 1. The quantitative estimate of drug-likeness (QED) is 0.938. The Kier molecular flexibility index (Phi) is 4.40. The van der Waals surface area contributed by atoms with Crippen molar-refractivity contribution < 1.29 is 0 Å². The van der Waals surface area contributed by atoms with Gasteiger partial charge in [0.25, 0.3) is 0 Å². The second-order valence-electron chi connectivity index (χ2n) is 6.41. The fourth-order valence-electron chi connectivity index (χ4n) is 3.06. The standard InChI is InChI=1S/C16H24N4S/c1-11(2)9-20-6-4-13(5-7-20)19-15-14-8-12(3)21-16(14)18-10-17-15/h8,10-11,13H,4-7,9H2,1-3H3,(H,17,18,19). The van der Waals surface area contributed by atoms with E-state index < -0.39 is 0 Å². The normalized spacial score (nSPS) is 17.7. The summed E-state index contributed by atoms with van der Waals surface area (Å²) < 4.78 is 0. The number of hydrogen-bond acceptors (Lipinski definition) is 5. The van der Waals surface area contributed by atoms with E-state index in [9.17, 15) is 0 Å². The van der Waals surface area contributed by atoms with Crippen LogP contribution in [-0.2, 0) is 0 Å². The fourth-order valence-corrected chi connectivity index (χ4v) is 3.91. The zero-order chi connectivity index (χ0) is 14.8. The Morgan fingerprint density at radius 3 is 2.81 bits per heavy atom. The lowest BCUT2D eigenvalue weighted by atomic mass is 10.0. The number of likely N-dealkylation sites (tertiary alicyclic amines) is 1. The molecule has 0 amide bonds. The summed E-state index contributed by atoms with van der Waals surface area (Å²) in [5, 5.41) is 4.81. The number of nitrogens with zero attached hydrogens (tertiary/aromatic N) is 3. The molecule has 0 saturated carbocycles. The Labute approximate surface area is 130 Å². The van der Waals surface area contributed by atoms with E-state index >= 15 is 0 Å². The van der Waals surface area contributed by atoms with Crippen LogP contribution in [0.1, 0.15) is 31.6 Å². The molecule has 1 aliphatic heterocycles. The molecule has 0 aromatic carbocycles. The van der Waals surface area contributed by atoms with Crippen molar-refractivity contribution in [2.45, 2.75) is 39.7 Å². The van der Waals surface area contributed by atoms with Crippen molar-refractivity contribution >= 4 is 27.4 Å². The molecule has 0 atom stereocenters. The Hall–Kier alpha value is -1.20. The van der Waals surface area contributed by atoms with Gasteiger partial charge >= 0.3 is 0 Å². The molecule has 3 rings (SSSR count). The maximum Gasteiger partial charge on any atom is 0.138 e. The second-order valence-corrected chi connectivity index (χ2v) is 7.65. The molecule has 0 spiro atoms. The monoisotopic (exact) mass is 304 g/mol. The average molecular weight is 304 g/mol. The summed E-state index contributed by atoms with van der Waals surface area (Å²) >= 11 is 1.74. The molecule has 0 bridgehead atoms. The molecule has 114 valence electrons. The smallest absolute Gasteiger partial charge is 0.138 e. The summed E-state index contributed by atoms with van der Waals surface area (Å²) in [5.41, 5.74) is 0. The van der Waals surface area contributed by atoms with Gasteiger partial charge in [0.1, 0.15) is 17.0 Å². The molecule has 0 radical (unpaired) electrons. The third kappa shape index (κ3) is 3.52. The number of thiophene rings is 1. The van der Waals surface area contributed by atoms with Crippen LogP contribution in [-0.4, -0.2) is 40.5 Å². The SMILES string of the molecule is Cc1cc2c(NC3CCN(CC(C)C)CC3)ncnc2s1. The van der Waals surface area contributed by atoms with Gasteiger partial charge in [-0.15, -0.1) is 11.3 Å². The van der Waals surface area contributed by atoms with E-state index in [0.717, 1.165) is 16.6 Å². The van der Waals surface area contributed by atoms with Gasteiger partial charge in [-0.25, -0.2) is 9.97 Å². The van der Waals surface area contributed by atoms with Crippen LogP contribution in [0.2, 0.25) is 0 Å². The maximum atomic E-state index is 4.45. The summed E-state index contributed by atoms with van der Waals surface area (Å²) in [7, 11) is 0. The number of nitrogens with one attached hydrogen (secondary N) is 1. The highest BCUT2D eigenvalue weighted by molar-refractivity contribution is 7.18. The van der Waals surface area contributed by atoms with Crippen LogP contribution in [0, 0.1) is 12.8 Å². The van der Waals surface area contributed by atoms with Crippen molar-refractivity contribution in [2.75, 3.05) is 25.0 Å². The van der Waals surface area contributed by atoms with Crippen LogP contribution < -0.4 is 5.32 Å². The molecule has 0 unspecified atom stereocenters. The molecule has 1 fully saturated rings. The van der Waals surface area contributed by atoms with Crippen LogP contribution in [0.25, 0.3) is 10.2 Å². The lowest BCUT2D eigenvalue weighted by Crippen LogP contribution is -2.40. The fraction of sp³-hybridized carbons (Fsp3) is 0.625. The first-order chi connectivity index (χ1) is 10.1. The molecule has 1 aliphatic rings. The summed E-state index contributed by atoms with van der Waals surface area (Å²) in [6, 6.07) is 2.72. The molecular weight excluding hydrogens is 280 g/mol. The van der Waals surface area contributed by atoms with E-state index in [2.05, 4.69) is 47.0 Å². The van der Waals surface area contributed by atoms with Crippen LogP contribution in [0.15, 0.2) is 12.4 Å². The minimum absolute atomic E-state index is 0.534. The van der Waals surface area contributed by atoms with Gasteiger partial charge in [0, 0.05) is 30.6 Å². The van der Waals surface area contributed by atoms with Crippen LogP contribution in [0.5, 0.6) is 0 Å². The number of fused-ring (bicyclic) bond motifs is 1. The number of rotatable bonds is 4. The van der Waals surface area contributed by atoms with Gasteiger partial charge in [0.15, 0.2) is 0 Å². The van der Waals surface area contributed by atoms with Crippen molar-refractivity contribution in [3.05, 3.63) is 17.3 Å². The first kappa shape index (κ1) is 14.7. The van der Waals surface area contributed by atoms with Crippen molar-refractivity contribution in [1.82, 2.24) is 14.9 Å². The highest BCUT2D eigenvalue weighted by Crippen LogP contribution is 2.28. The lowest BCUT2D eigenvalue weighted by molar-refractivity contribution is 0.198. The predicted octanol–water partition coefficient (Wildman–Crippen LogP) is 3.53. The van der Waals surface area contributed by atoms with Gasteiger partial charge in [0.05, 0.1) is 5.39 Å². The molecule has 1 saturated heterocycles. The molecular formula is C16H24N4S. The minimum atomic E-state index is 0.534. The number of piperidine rings is 1. The van der Waals surface area contributed by atoms with E-state index in [1.807, 2.05) is 0 Å². The Bertz CT molecular complexity index is 599. The highest BCUT2D eigenvalue weighted by Gasteiger charge is 2.20. The summed E-state index contributed by atoms with van der Waals surface area (Å²) in [4.78, 5) is 13.8. The lowest BCUT2D eigenvalue weighted by Gasteiger charge is -2.33. The molecule has 2 aromatic rings. The van der Waals surface area contributed by atoms with E-state index in [1.165, 1.54) is 42.7 Å². The van der Waals surface area contributed by atoms with E-state index in [0.29, 0.717) is 6.04 Å². The third-order valence-corrected chi connectivity index (χ3v) is 4.96. The largest absolute Gasteiger partial charge is 0.367 e.